The quantitative estimate of drug-likeness (QED) is 0.680. The van der Waals surface area contributed by atoms with Crippen molar-refractivity contribution in [2.45, 2.75) is 24.4 Å². The number of hydrogen-bond donors (Lipinski definition) is 0. The normalized spacial score (nSPS) is 13.2. The Kier molecular flexibility index (Phi) is 5.80. The summed E-state index contributed by atoms with van der Waals surface area (Å²) < 4.78 is 47.3. The summed E-state index contributed by atoms with van der Waals surface area (Å²) in [7, 11) is 2.93. The van der Waals surface area contributed by atoms with Crippen LogP contribution < -0.4 is 9.47 Å². The Labute approximate surface area is 123 Å². The fraction of sp³-hybridized carbons (Fsp3) is 0.500. The van der Waals surface area contributed by atoms with Crippen molar-refractivity contribution < 1.29 is 22.6 Å². The Hall–Kier alpha value is -0.620. The molecule has 0 aliphatic rings. The van der Waals surface area contributed by atoms with Gasteiger partial charge in [-0.2, -0.15) is 13.2 Å². The predicted molar refractivity (Wildman–Crippen MR) is 71.1 cm³/mol. The van der Waals surface area contributed by atoms with Crippen LogP contribution in [0.1, 0.15) is 23.8 Å². The summed E-state index contributed by atoms with van der Waals surface area (Å²) in [6, 6.07) is 3.20. The third-order valence-corrected chi connectivity index (χ3v) is 3.66. The van der Waals surface area contributed by atoms with E-state index in [9.17, 15) is 13.2 Å². The average Bonchev–Trinajstić information content (AvgIpc) is 2.34. The molecule has 2 nitrogen and oxygen atoms in total. The lowest BCUT2D eigenvalue weighted by atomic mass is 10.1. The topological polar surface area (TPSA) is 18.5 Å². The second-order valence-electron chi connectivity index (χ2n) is 3.85. The van der Waals surface area contributed by atoms with E-state index < -0.39 is 18.0 Å². The molecule has 0 N–H and O–H groups in total. The van der Waals surface area contributed by atoms with Gasteiger partial charge in [-0.15, -0.1) is 11.6 Å². The predicted octanol–water partition coefficient (Wildman–Crippen LogP) is 5.09. The molecule has 0 radical (unpaired) electrons. The molecule has 7 heteroatoms. The second-order valence-corrected chi connectivity index (χ2v) is 5.23. The molecule has 108 valence electrons. The van der Waals surface area contributed by atoms with Crippen molar-refractivity contribution in [3.05, 3.63) is 22.2 Å². The van der Waals surface area contributed by atoms with Crippen molar-refractivity contribution in [3.63, 3.8) is 0 Å². The Bertz CT molecular complexity index is 438. The largest absolute Gasteiger partial charge is 0.493 e. The summed E-state index contributed by atoms with van der Waals surface area (Å²) in [6.45, 7) is 0. The first-order chi connectivity index (χ1) is 8.78. The third kappa shape index (κ3) is 4.76. The first-order valence-electron chi connectivity index (χ1n) is 5.40. The van der Waals surface area contributed by atoms with Gasteiger partial charge in [-0.05, 0) is 24.1 Å². The first-order valence-corrected chi connectivity index (χ1v) is 6.63. The number of hydrogen-bond acceptors (Lipinski definition) is 2. The van der Waals surface area contributed by atoms with E-state index in [0.717, 1.165) is 0 Å². The van der Waals surface area contributed by atoms with Crippen LogP contribution in [-0.2, 0) is 0 Å². The van der Waals surface area contributed by atoms with E-state index >= 15 is 0 Å². The maximum atomic E-state index is 12.2. The molecule has 0 saturated carbocycles. The molecule has 0 aliphatic heterocycles. The molecule has 0 aromatic heterocycles. The van der Waals surface area contributed by atoms with Gasteiger partial charge >= 0.3 is 6.18 Å². The second kappa shape index (κ2) is 6.70. The Balaban J connectivity index is 2.93. The van der Waals surface area contributed by atoms with Gasteiger partial charge in [0.1, 0.15) is 0 Å². The van der Waals surface area contributed by atoms with Crippen LogP contribution in [0.3, 0.4) is 0 Å². The Morgan fingerprint density at radius 3 is 2.21 bits per heavy atom. The minimum Gasteiger partial charge on any atom is -0.493 e. The molecular weight excluding hydrogens is 348 g/mol. The van der Waals surface area contributed by atoms with Gasteiger partial charge in [-0.25, -0.2) is 0 Å². The molecule has 1 rings (SSSR count). The van der Waals surface area contributed by atoms with Crippen LogP contribution in [0.25, 0.3) is 0 Å². The van der Waals surface area contributed by atoms with Gasteiger partial charge in [0.2, 0.25) is 0 Å². The molecule has 0 aliphatic carbocycles. The zero-order valence-corrected chi connectivity index (χ0v) is 12.7. The highest BCUT2D eigenvalue weighted by Gasteiger charge is 2.29. The van der Waals surface area contributed by atoms with Gasteiger partial charge in [-0.1, -0.05) is 15.9 Å². The van der Waals surface area contributed by atoms with E-state index in [1.165, 1.54) is 14.2 Å². The van der Waals surface area contributed by atoms with Crippen LogP contribution in [-0.4, -0.2) is 20.4 Å². The van der Waals surface area contributed by atoms with Crippen LogP contribution in [0.4, 0.5) is 13.2 Å². The van der Waals surface area contributed by atoms with E-state index in [1.54, 1.807) is 12.1 Å². The standard InChI is InChI=1S/C12H13BrClF3O2/c1-18-10-5-7(8(13)6-11(10)19-2)9(14)3-4-12(15,16)17/h5-6,9H,3-4H2,1-2H3. The van der Waals surface area contributed by atoms with Gasteiger partial charge in [0.15, 0.2) is 11.5 Å². The molecule has 0 amide bonds. The smallest absolute Gasteiger partial charge is 0.389 e. The molecular formula is C12H13BrClF3O2. The molecule has 0 spiro atoms. The van der Waals surface area contributed by atoms with Crippen LogP contribution in [0.2, 0.25) is 0 Å². The highest BCUT2D eigenvalue weighted by atomic mass is 79.9. The number of alkyl halides is 4. The summed E-state index contributed by atoms with van der Waals surface area (Å²) in [4.78, 5) is 0. The van der Waals surface area contributed by atoms with Gasteiger partial charge in [0, 0.05) is 10.9 Å². The number of methoxy groups -OCH3 is 2. The zero-order chi connectivity index (χ0) is 14.6. The summed E-state index contributed by atoms with van der Waals surface area (Å²) >= 11 is 9.29. The monoisotopic (exact) mass is 360 g/mol. The zero-order valence-electron chi connectivity index (χ0n) is 10.4. The van der Waals surface area contributed by atoms with Crippen molar-refractivity contribution in [2.75, 3.05) is 14.2 Å². The van der Waals surface area contributed by atoms with E-state index in [1.807, 2.05) is 0 Å². The molecule has 1 aromatic carbocycles. The highest BCUT2D eigenvalue weighted by molar-refractivity contribution is 9.10. The maximum absolute atomic E-state index is 12.2. The summed E-state index contributed by atoms with van der Waals surface area (Å²) in [6.07, 6.45) is -5.34. The lowest BCUT2D eigenvalue weighted by Crippen LogP contribution is -2.08. The number of benzene rings is 1. The fourth-order valence-corrected chi connectivity index (χ4v) is 2.58. The van der Waals surface area contributed by atoms with Crippen LogP contribution in [0.5, 0.6) is 11.5 Å². The van der Waals surface area contributed by atoms with Crippen LogP contribution >= 0.6 is 27.5 Å². The Morgan fingerprint density at radius 2 is 1.74 bits per heavy atom. The number of rotatable bonds is 5. The van der Waals surface area contributed by atoms with Crippen LogP contribution in [0, 0.1) is 0 Å². The van der Waals surface area contributed by atoms with Crippen molar-refractivity contribution in [1.29, 1.82) is 0 Å². The maximum Gasteiger partial charge on any atom is 0.389 e. The lowest BCUT2D eigenvalue weighted by molar-refractivity contribution is -0.135. The average molecular weight is 362 g/mol. The lowest BCUT2D eigenvalue weighted by Gasteiger charge is -2.16. The van der Waals surface area contributed by atoms with Crippen molar-refractivity contribution in [3.8, 4) is 11.5 Å². The van der Waals surface area contributed by atoms with Gasteiger partial charge in [-0.3, -0.25) is 0 Å². The van der Waals surface area contributed by atoms with E-state index in [-0.39, 0.29) is 6.42 Å². The van der Waals surface area contributed by atoms with E-state index in [2.05, 4.69) is 15.9 Å². The SMILES string of the molecule is COc1cc(Br)c(C(Cl)CCC(F)(F)F)cc1OC. The van der Waals surface area contributed by atoms with Gasteiger partial charge in [0.05, 0.1) is 19.6 Å². The molecule has 0 fully saturated rings. The summed E-state index contributed by atoms with van der Waals surface area (Å²) in [5.74, 6) is 0.913. The third-order valence-electron chi connectivity index (χ3n) is 2.52. The molecule has 0 heterocycles. The van der Waals surface area contributed by atoms with E-state index in [4.69, 9.17) is 21.1 Å². The van der Waals surface area contributed by atoms with Crippen molar-refractivity contribution in [2.24, 2.45) is 0 Å². The molecule has 0 saturated heterocycles. The minimum atomic E-state index is -4.21. The van der Waals surface area contributed by atoms with E-state index in [0.29, 0.717) is 21.5 Å². The fourth-order valence-electron chi connectivity index (χ4n) is 1.56. The molecule has 1 aromatic rings. The summed E-state index contributed by atoms with van der Waals surface area (Å²) in [5.41, 5.74) is 0.545. The molecule has 0 bridgehead atoms. The van der Waals surface area contributed by atoms with Crippen LogP contribution in [0.15, 0.2) is 16.6 Å². The number of ether oxygens (including phenoxy) is 2. The molecule has 19 heavy (non-hydrogen) atoms. The van der Waals surface area contributed by atoms with Crippen molar-refractivity contribution >= 4 is 27.5 Å². The molecule has 1 atom stereocenters. The highest BCUT2D eigenvalue weighted by Crippen LogP contribution is 2.40. The summed E-state index contributed by atoms with van der Waals surface area (Å²) in [5, 5.41) is -0.754. The van der Waals surface area contributed by atoms with Gasteiger partial charge in [0.25, 0.3) is 0 Å². The number of halogens is 5. The minimum absolute atomic E-state index is 0.195. The van der Waals surface area contributed by atoms with Crippen molar-refractivity contribution in [1.82, 2.24) is 0 Å². The molecule has 1 unspecified atom stereocenters. The first kappa shape index (κ1) is 16.4. The Morgan fingerprint density at radius 1 is 1.21 bits per heavy atom. The van der Waals surface area contributed by atoms with Gasteiger partial charge < -0.3 is 9.47 Å².